The van der Waals surface area contributed by atoms with Gasteiger partial charge in [0, 0.05) is 17.8 Å². The van der Waals surface area contributed by atoms with Gasteiger partial charge in [0.05, 0.1) is 11.3 Å². The number of rotatable bonds is 1. The number of hydrogen-bond donors (Lipinski definition) is 0. The van der Waals surface area contributed by atoms with Gasteiger partial charge in [0.2, 0.25) is 0 Å². The topological polar surface area (TPSA) is 12.9 Å². The van der Waals surface area contributed by atoms with E-state index in [2.05, 4.69) is 4.98 Å². The minimum absolute atomic E-state index is 0.250. The molecule has 2 rings (SSSR count). The maximum absolute atomic E-state index is 13.0. The molecule has 0 aliphatic heterocycles. The van der Waals surface area contributed by atoms with E-state index >= 15 is 0 Å². The van der Waals surface area contributed by atoms with Crippen molar-refractivity contribution >= 4 is 0 Å². The van der Waals surface area contributed by atoms with Crippen molar-refractivity contribution < 1.29 is 22.0 Å². The molecule has 1 aromatic carbocycles. The zero-order valence-electron chi connectivity index (χ0n) is 8.80. The zero-order valence-corrected chi connectivity index (χ0v) is 8.80. The summed E-state index contributed by atoms with van der Waals surface area (Å²) in [6.07, 6.45) is -3.50. The van der Waals surface area contributed by atoms with E-state index in [0.29, 0.717) is 6.07 Å². The van der Waals surface area contributed by atoms with Crippen LogP contribution in [0.15, 0.2) is 36.5 Å². The lowest BCUT2D eigenvalue weighted by Gasteiger charge is -2.11. The van der Waals surface area contributed by atoms with Crippen molar-refractivity contribution in [2.24, 2.45) is 0 Å². The monoisotopic (exact) mass is 259 g/mol. The zero-order chi connectivity index (χ0) is 13.3. The Hall–Kier alpha value is -1.98. The highest BCUT2D eigenvalue weighted by Gasteiger charge is 2.34. The number of aromatic nitrogens is 1. The summed E-state index contributed by atoms with van der Waals surface area (Å²) in [5.74, 6) is -1.91. The van der Waals surface area contributed by atoms with E-state index in [1.54, 1.807) is 0 Å². The number of nitrogens with zero attached hydrogens (tertiary/aromatic N) is 1. The summed E-state index contributed by atoms with van der Waals surface area (Å²) in [7, 11) is 0. The molecule has 1 aromatic heterocycles. The van der Waals surface area contributed by atoms with Crippen molar-refractivity contribution in [2.45, 2.75) is 6.18 Å². The molecule has 18 heavy (non-hydrogen) atoms. The lowest BCUT2D eigenvalue weighted by molar-refractivity contribution is -0.137. The molecule has 0 N–H and O–H groups in total. The quantitative estimate of drug-likeness (QED) is 0.704. The molecule has 94 valence electrons. The third-order valence-electron chi connectivity index (χ3n) is 2.25. The van der Waals surface area contributed by atoms with E-state index in [-0.39, 0.29) is 5.56 Å². The predicted molar refractivity (Wildman–Crippen MR) is 54.6 cm³/mol. The van der Waals surface area contributed by atoms with Crippen molar-refractivity contribution in [3.05, 3.63) is 53.7 Å². The van der Waals surface area contributed by atoms with Gasteiger partial charge in [-0.25, -0.2) is 8.78 Å². The van der Waals surface area contributed by atoms with Crippen molar-refractivity contribution in [2.75, 3.05) is 0 Å². The van der Waals surface area contributed by atoms with Gasteiger partial charge >= 0.3 is 6.18 Å². The summed E-state index contributed by atoms with van der Waals surface area (Å²) in [6.45, 7) is 0. The smallest absolute Gasteiger partial charge is 0.256 e. The van der Waals surface area contributed by atoms with Gasteiger partial charge in [-0.05, 0) is 24.3 Å². The summed E-state index contributed by atoms with van der Waals surface area (Å²) in [5, 5.41) is 0. The van der Waals surface area contributed by atoms with Crippen LogP contribution in [0.1, 0.15) is 5.56 Å². The highest BCUT2D eigenvalue weighted by molar-refractivity contribution is 5.63. The molecule has 2 aromatic rings. The summed E-state index contributed by atoms with van der Waals surface area (Å²) in [5.41, 5.74) is -1.78. The SMILES string of the molecule is Fc1cc(F)cc(-c2ncccc2C(F)(F)F)c1. The van der Waals surface area contributed by atoms with Crippen LogP contribution in [0, 0.1) is 11.6 Å². The Bertz CT molecular complexity index is 557. The highest BCUT2D eigenvalue weighted by atomic mass is 19.4. The van der Waals surface area contributed by atoms with Crippen molar-refractivity contribution in [3.63, 3.8) is 0 Å². The molecule has 1 nitrogen and oxygen atoms in total. The molecule has 6 heteroatoms. The second kappa shape index (κ2) is 4.36. The third kappa shape index (κ3) is 2.47. The summed E-state index contributed by atoms with van der Waals surface area (Å²) in [6, 6.07) is 4.12. The number of alkyl halides is 3. The maximum Gasteiger partial charge on any atom is 0.418 e. The van der Waals surface area contributed by atoms with Gasteiger partial charge in [-0.15, -0.1) is 0 Å². The molecule has 0 atom stereocenters. The maximum atomic E-state index is 13.0. The van der Waals surface area contributed by atoms with E-state index < -0.39 is 29.1 Å². The molecule has 1 heterocycles. The lowest BCUT2D eigenvalue weighted by atomic mass is 10.1. The van der Waals surface area contributed by atoms with Crippen LogP contribution in [0.5, 0.6) is 0 Å². The predicted octanol–water partition coefficient (Wildman–Crippen LogP) is 4.05. The molecule has 0 fully saturated rings. The first-order chi connectivity index (χ1) is 8.38. The second-order valence-electron chi connectivity index (χ2n) is 3.56. The Kier molecular flexibility index (Phi) is 3.02. The fraction of sp³-hybridized carbons (Fsp3) is 0.0833. The van der Waals surface area contributed by atoms with Gasteiger partial charge in [-0.1, -0.05) is 0 Å². The van der Waals surface area contributed by atoms with Crippen LogP contribution in [-0.2, 0) is 6.18 Å². The van der Waals surface area contributed by atoms with E-state index in [0.717, 1.165) is 30.5 Å². The second-order valence-corrected chi connectivity index (χ2v) is 3.56. The molecule has 0 aliphatic rings. The Morgan fingerprint density at radius 1 is 0.944 bits per heavy atom. The van der Waals surface area contributed by atoms with Crippen LogP contribution < -0.4 is 0 Å². The minimum atomic E-state index is -4.63. The Morgan fingerprint density at radius 3 is 2.11 bits per heavy atom. The van der Waals surface area contributed by atoms with Crippen molar-refractivity contribution in [1.82, 2.24) is 4.98 Å². The van der Waals surface area contributed by atoms with Crippen LogP contribution in [0.3, 0.4) is 0 Å². The molecule has 0 unspecified atom stereocenters. The largest absolute Gasteiger partial charge is 0.418 e. The fourth-order valence-electron chi connectivity index (χ4n) is 1.55. The van der Waals surface area contributed by atoms with Gasteiger partial charge in [0.15, 0.2) is 0 Å². The number of pyridine rings is 1. The molecular formula is C12H6F5N. The van der Waals surface area contributed by atoms with Gasteiger partial charge < -0.3 is 0 Å². The van der Waals surface area contributed by atoms with E-state index in [9.17, 15) is 22.0 Å². The van der Waals surface area contributed by atoms with Crippen LogP contribution >= 0.6 is 0 Å². The van der Waals surface area contributed by atoms with Gasteiger partial charge in [-0.2, -0.15) is 13.2 Å². The molecule has 0 radical (unpaired) electrons. The Labute approximate surface area is 98.9 Å². The minimum Gasteiger partial charge on any atom is -0.256 e. The standard InChI is InChI=1S/C12H6F5N/c13-8-4-7(5-9(14)6-8)11-10(12(15,16)17)2-1-3-18-11/h1-6H. The van der Waals surface area contributed by atoms with Crippen LogP contribution in [-0.4, -0.2) is 4.98 Å². The lowest BCUT2D eigenvalue weighted by Crippen LogP contribution is -2.08. The summed E-state index contributed by atoms with van der Waals surface area (Å²) < 4.78 is 64.1. The first kappa shape index (κ1) is 12.5. The molecule has 0 bridgehead atoms. The number of halogens is 5. The van der Waals surface area contributed by atoms with Crippen LogP contribution in [0.2, 0.25) is 0 Å². The van der Waals surface area contributed by atoms with Crippen molar-refractivity contribution in [1.29, 1.82) is 0 Å². The van der Waals surface area contributed by atoms with E-state index in [1.807, 2.05) is 0 Å². The molecular weight excluding hydrogens is 253 g/mol. The normalized spacial score (nSPS) is 11.6. The van der Waals surface area contributed by atoms with Gasteiger partial charge in [0.25, 0.3) is 0 Å². The number of benzene rings is 1. The first-order valence-corrected chi connectivity index (χ1v) is 4.86. The number of hydrogen-bond acceptors (Lipinski definition) is 1. The summed E-state index contributed by atoms with van der Waals surface area (Å²) in [4.78, 5) is 3.54. The molecule has 0 spiro atoms. The van der Waals surface area contributed by atoms with Crippen LogP contribution in [0.4, 0.5) is 22.0 Å². The van der Waals surface area contributed by atoms with E-state index in [1.165, 1.54) is 0 Å². The van der Waals surface area contributed by atoms with Crippen molar-refractivity contribution in [3.8, 4) is 11.3 Å². The van der Waals surface area contributed by atoms with E-state index in [4.69, 9.17) is 0 Å². The van der Waals surface area contributed by atoms with Crippen LogP contribution in [0.25, 0.3) is 11.3 Å². The average molecular weight is 259 g/mol. The molecule has 0 amide bonds. The van der Waals surface area contributed by atoms with Gasteiger partial charge in [-0.3, -0.25) is 4.98 Å². The average Bonchev–Trinajstić information content (AvgIpc) is 2.26. The first-order valence-electron chi connectivity index (χ1n) is 4.86. The Morgan fingerprint density at radius 2 is 1.56 bits per heavy atom. The fourth-order valence-corrected chi connectivity index (χ4v) is 1.55. The summed E-state index contributed by atoms with van der Waals surface area (Å²) >= 11 is 0. The Balaban J connectivity index is 2.64. The molecule has 0 aliphatic carbocycles. The molecule has 0 saturated heterocycles. The third-order valence-corrected chi connectivity index (χ3v) is 2.25. The molecule has 0 saturated carbocycles. The van der Waals surface area contributed by atoms with Gasteiger partial charge in [0.1, 0.15) is 11.6 Å². The highest BCUT2D eigenvalue weighted by Crippen LogP contribution is 2.35.